The molecule has 1 N–H and O–H groups in total. The zero-order chi connectivity index (χ0) is 17.8. The second kappa shape index (κ2) is 7.47. The molecule has 0 saturated heterocycles. The van der Waals surface area contributed by atoms with Crippen LogP contribution in [0, 0.1) is 6.92 Å². The van der Waals surface area contributed by atoms with E-state index in [1.807, 2.05) is 18.2 Å². The Balaban J connectivity index is 1.67. The first-order valence-corrected chi connectivity index (χ1v) is 8.77. The van der Waals surface area contributed by atoms with Crippen LogP contribution < -0.4 is 5.32 Å². The van der Waals surface area contributed by atoms with Crippen LogP contribution in [0.5, 0.6) is 0 Å². The molecule has 0 aliphatic carbocycles. The molecule has 25 heavy (non-hydrogen) atoms. The Morgan fingerprint density at radius 1 is 1.00 bits per heavy atom. The van der Waals surface area contributed by atoms with E-state index in [2.05, 4.69) is 67.5 Å². The highest BCUT2D eigenvalue weighted by atomic mass is 16.2. The molecule has 128 valence electrons. The van der Waals surface area contributed by atoms with Crippen LogP contribution in [0.1, 0.15) is 48.4 Å². The normalized spacial score (nSPS) is 15.6. The van der Waals surface area contributed by atoms with Gasteiger partial charge < -0.3 is 5.32 Å². The topological polar surface area (TPSA) is 41.5 Å². The van der Waals surface area contributed by atoms with Gasteiger partial charge in [0.25, 0.3) is 5.91 Å². The first-order chi connectivity index (χ1) is 12.0. The Labute approximate surface area is 149 Å². The molecule has 0 spiro atoms. The van der Waals surface area contributed by atoms with Gasteiger partial charge in [-0.05, 0) is 42.0 Å². The van der Waals surface area contributed by atoms with Gasteiger partial charge in [-0.3, -0.25) is 4.79 Å². The van der Waals surface area contributed by atoms with Crippen molar-refractivity contribution in [3.63, 3.8) is 0 Å². The smallest absolute Gasteiger partial charge is 0.275 e. The van der Waals surface area contributed by atoms with E-state index >= 15 is 0 Å². The van der Waals surface area contributed by atoms with E-state index in [9.17, 15) is 4.79 Å². The lowest BCUT2D eigenvalue weighted by atomic mass is 10.0. The van der Waals surface area contributed by atoms with Gasteiger partial charge >= 0.3 is 0 Å². The summed E-state index contributed by atoms with van der Waals surface area (Å²) >= 11 is 0. The van der Waals surface area contributed by atoms with Gasteiger partial charge in [-0.1, -0.05) is 67.9 Å². The molecule has 1 heterocycles. The molecule has 0 aromatic heterocycles. The number of rotatable bonds is 5. The lowest BCUT2D eigenvalue weighted by Gasteiger charge is -2.04. The van der Waals surface area contributed by atoms with Crippen molar-refractivity contribution in [2.75, 3.05) is 0 Å². The van der Waals surface area contributed by atoms with Crippen molar-refractivity contribution >= 4 is 17.8 Å². The van der Waals surface area contributed by atoms with Gasteiger partial charge in [0, 0.05) is 6.42 Å². The third kappa shape index (κ3) is 4.44. The molecule has 0 fully saturated rings. The Morgan fingerprint density at radius 3 is 2.32 bits per heavy atom. The number of nitrogens with zero attached hydrogens (tertiary/aromatic N) is 1. The van der Waals surface area contributed by atoms with Crippen molar-refractivity contribution < 1.29 is 4.79 Å². The van der Waals surface area contributed by atoms with E-state index in [0.717, 1.165) is 24.2 Å². The fourth-order valence-corrected chi connectivity index (χ4v) is 2.79. The fourth-order valence-electron chi connectivity index (χ4n) is 2.79. The van der Waals surface area contributed by atoms with Gasteiger partial charge in [0.2, 0.25) is 0 Å². The number of hydrogen-bond donors (Lipinski definition) is 1. The quantitative estimate of drug-likeness (QED) is 0.798. The molecule has 0 bridgehead atoms. The van der Waals surface area contributed by atoms with Gasteiger partial charge in [0.1, 0.15) is 11.5 Å². The minimum Gasteiger partial charge on any atom is -0.309 e. The highest BCUT2D eigenvalue weighted by Crippen LogP contribution is 2.18. The van der Waals surface area contributed by atoms with Crippen LogP contribution in [0.4, 0.5) is 0 Å². The summed E-state index contributed by atoms with van der Waals surface area (Å²) in [6.07, 6.45) is 3.45. The Morgan fingerprint density at radius 2 is 1.68 bits per heavy atom. The van der Waals surface area contributed by atoms with Crippen LogP contribution in [0.3, 0.4) is 0 Å². The summed E-state index contributed by atoms with van der Waals surface area (Å²) in [7, 11) is 0. The maximum atomic E-state index is 12.1. The summed E-state index contributed by atoms with van der Waals surface area (Å²) in [6.45, 7) is 6.42. The molecule has 3 heteroatoms. The number of aryl methyl sites for hydroxylation is 2. The number of amidine groups is 1. The number of carbonyl (C=O) groups is 1. The van der Waals surface area contributed by atoms with Crippen LogP contribution >= 0.6 is 0 Å². The summed E-state index contributed by atoms with van der Waals surface area (Å²) in [6, 6.07) is 16.7. The van der Waals surface area contributed by atoms with E-state index in [1.54, 1.807) is 0 Å². The first-order valence-electron chi connectivity index (χ1n) is 8.77. The minimum atomic E-state index is -0.119. The molecule has 0 unspecified atom stereocenters. The van der Waals surface area contributed by atoms with E-state index in [-0.39, 0.29) is 5.91 Å². The molecule has 0 atom stereocenters. The van der Waals surface area contributed by atoms with Crippen molar-refractivity contribution in [2.24, 2.45) is 4.99 Å². The second-order valence-corrected chi connectivity index (χ2v) is 6.85. The zero-order valence-corrected chi connectivity index (χ0v) is 15.0. The summed E-state index contributed by atoms with van der Waals surface area (Å²) < 4.78 is 0. The number of benzene rings is 2. The fraction of sp³-hybridized carbons (Fsp3) is 0.273. The Bertz CT molecular complexity index is 812. The van der Waals surface area contributed by atoms with E-state index in [1.165, 1.54) is 16.7 Å². The molecule has 0 saturated carbocycles. The number of amides is 1. The average molecular weight is 332 g/mol. The van der Waals surface area contributed by atoms with Crippen molar-refractivity contribution in [1.29, 1.82) is 0 Å². The Hall–Kier alpha value is -2.68. The van der Waals surface area contributed by atoms with Crippen molar-refractivity contribution in [3.05, 3.63) is 76.5 Å². The van der Waals surface area contributed by atoms with Crippen molar-refractivity contribution in [2.45, 2.75) is 39.5 Å². The maximum absolute atomic E-state index is 12.1. The highest BCUT2D eigenvalue weighted by Gasteiger charge is 2.19. The minimum absolute atomic E-state index is 0.119. The summed E-state index contributed by atoms with van der Waals surface area (Å²) in [5.74, 6) is 1.13. The molecule has 1 aliphatic heterocycles. The van der Waals surface area contributed by atoms with E-state index in [0.29, 0.717) is 11.6 Å². The van der Waals surface area contributed by atoms with Crippen LogP contribution in [0.25, 0.3) is 6.08 Å². The molecule has 0 radical (unpaired) electrons. The lowest BCUT2D eigenvalue weighted by molar-refractivity contribution is -0.115. The molecule has 1 amide bonds. The van der Waals surface area contributed by atoms with Gasteiger partial charge in [-0.15, -0.1) is 0 Å². The van der Waals surface area contributed by atoms with Crippen LogP contribution in [-0.4, -0.2) is 11.7 Å². The largest absolute Gasteiger partial charge is 0.309 e. The third-order valence-corrected chi connectivity index (χ3v) is 4.42. The zero-order valence-electron chi connectivity index (χ0n) is 15.0. The number of nitrogens with one attached hydrogen (secondary N) is 1. The number of carbonyl (C=O) groups excluding carboxylic acids is 1. The van der Waals surface area contributed by atoms with Gasteiger partial charge in [-0.25, -0.2) is 4.99 Å². The predicted molar refractivity (Wildman–Crippen MR) is 104 cm³/mol. The molecule has 2 aromatic rings. The molecular weight excluding hydrogens is 308 g/mol. The monoisotopic (exact) mass is 332 g/mol. The summed E-state index contributed by atoms with van der Waals surface area (Å²) in [4.78, 5) is 16.6. The summed E-state index contributed by atoms with van der Waals surface area (Å²) in [5, 5.41) is 2.88. The number of hydrogen-bond acceptors (Lipinski definition) is 2. The molecule has 2 aromatic carbocycles. The van der Waals surface area contributed by atoms with Crippen LogP contribution in [-0.2, 0) is 11.2 Å². The first kappa shape index (κ1) is 17.2. The van der Waals surface area contributed by atoms with Crippen LogP contribution in [0.15, 0.2) is 59.2 Å². The molecular formula is C22H24N2O. The van der Waals surface area contributed by atoms with Gasteiger partial charge in [0.15, 0.2) is 0 Å². The van der Waals surface area contributed by atoms with Gasteiger partial charge in [-0.2, -0.15) is 0 Å². The van der Waals surface area contributed by atoms with Crippen molar-refractivity contribution in [1.82, 2.24) is 5.32 Å². The predicted octanol–water partition coefficient (Wildman–Crippen LogP) is 4.62. The van der Waals surface area contributed by atoms with E-state index < -0.39 is 0 Å². The molecule has 3 nitrogen and oxygen atoms in total. The summed E-state index contributed by atoms with van der Waals surface area (Å²) in [5.41, 5.74) is 5.28. The third-order valence-electron chi connectivity index (χ3n) is 4.42. The van der Waals surface area contributed by atoms with E-state index in [4.69, 9.17) is 0 Å². The van der Waals surface area contributed by atoms with Gasteiger partial charge in [0.05, 0.1) is 0 Å². The second-order valence-electron chi connectivity index (χ2n) is 6.85. The molecule has 1 aliphatic rings. The SMILES string of the molecule is Cc1ccc(CCC2=N/C(=C/c3ccc(C(C)C)cc3)C(=O)N2)cc1. The molecule has 3 rings (SSSR count). The average Bonchev–Trinajstić information content (AvgIpc) is 2.94. The Kier molecular flexibility index (Phi) is 5.13. The lowest BCUT2D eigenvalue weighted by Crippen LogP contribution is -2.24. The highest BCUT2D eigenvalue weighted by molar-refractivity contribution is 6.14. The van der Waals surface area contributed by atoms with Crippen molar-refractivity contribution in [3.8, 4) is 0 Å². The maximum Gasteiger partial charge on any atom is 0.275 e. The van der Waals surface area contributed by atoms with Crippen LogP contribution in [0.2, 0.25) is 0 Å². The standard InChI is InChI=1S/C22H24N2O/c1-15(2)19-11-8-18(9-12-19)14-20-22(25)24-21(23-20)13-10-17-6-4-16(3)5-7-17/h4-9,11-12,14-15H,10,13H2,1-3H3,(H,23,24,25)/b20-14+. The number of aliphatic imine (C=N–C) groups is 1.